The Kier molecular flexibility index (Phi) is 6.67. The Morgan fingerprint density at radius 3 is 2.25 bits per heavy atom. The molecule has 5 unspecified atom stereocenters. The van der Waals surface area contributed by atoms with Gasteiger partial charge in [-0.25, -0.2) is 0 Å². The molecule has 1 aliphatic rings. The Bertz CT molecular complexity index is 346. The summed E-state index contributed by atoms with van der Waals surface area (Å²) in [5, 5.41) is 23.7. The molecule has 0 bridgehead atoms. The Morgan fingerprint density at radius 1 is 1.15 bits per heavy atom. The summed E-state index contributed by atoms with van der Waals surface area (Å²) in [7, 11) is 0. The van der Waals surface area contributed by atoms with E-state index in [4.69, 9.17) is 19.7 Å². The highest BCUT2D eigenvalue weighted by Gasteiger charge is 2.46. The van der Waals surface area contributed by atoms with Crippen LogP contribution in [0.3, 0.4) is 0 Å². The smallest absolute Gasteiger partial charge is 0.186 e. The van der Waals surface area contributed by atoms with Crippen molar-refractivity contribution < 1.29 is 24.4 Å². The molecule has 0 aromatic carbocycles. The van der Waals surface area contributed by atoms with Crippen LogP contribution in [0.1, 0.15) is 27.7 Å². The van der Waals surface area contributed by atoms with Crippen molar-refractivity contribution in [2.24, 2.45) is 5.11 Å². The maximum Gasteiger partial charge on any atom is 0.186 e. The third-order valence-corrected chi connectivity index (χ3v) is 2.80. The maximum atomic E-state index is 10.2. The molecule has 2 N–H and O–H groups in total. The first-order valence-electron chi connectivity index (χ1n) is 6.70. The van der Waals surface area contributed by atoms with Gasteiger partial charge in [0, 0.05) is 4.91 Å². The van der Waals surface area contributed by atoms with E-state index in [1.54, 1.807) is 27.7 Å². The van der Waals surface area contributed by atoms with Crippen LogP contribution in [0.5, 0.6) is 0 Å². The third kappa shape index (κ3) is 4.59. The summed E-state index contributed by atoms with van der Waals surface area (Å²) in [6.07, 6.45) is -5.16. The van der Waals surface area contributed by atoms with Crippen molar-refractivity contribution in [3.8, 4) is 0 Å². The molecule has 5 atom stereocenters. The highest BCUT2D eigenvalue weighted by Crippen LogP contribution is 2.26. The first kappa shape index (κ1) is 17.2. The van der Waals surface area contributed by atoms with Crippen molar-refractivity contribution in [2.75, 3.05) is 6.54 Å². The Labute approximate surface area is 118 Å². The van der Waals surface area contributed by atoms with Crippen LogP contribution in [-0.2, 0) is 14.2 Å². The van der Waals surface area contributed by atoms with Crippen LogP contribution in [0.4, 0.5) is 0 Å². The highest BCUT2D eigenvalue weighted by molar-refractivity contribution is 4.92. The van der Waals surface area contributed by atoms with E-state index in [9.17, 15) is 10.2 Å². The van der Waals surface area contributed by atoms with E-state index < -0.39 is 30.7 Å². The quantitative estimate of drug-likeness (QED) is 0.429. The zero-order chi connectivity index (χ0) is 15.3. The zero-order valence-electron chi connectivity index (χ0n) is 12.2. The average Bonchev–Trinajstić information content (AvgIpc) is 2.36. The molecule has 1 rings (SSSR count). The van der Waals surface area contributed by atoms with Gasteiger partial charge in [0.1, 0.15) is 18.3 Å². The number of hydrogen-bond acceptors (Lipinski definition) is 6. The van der Waals surface area contributed by atoms with Gasteiger partial charge in [0.25, 0.3) is 0 Å². The van der Waals surface area contributed by atoms with Crippen molar-refractivity contribution in [1.29, 1.82) is 0 Å². The van der Waals surface area contributed by atoms with Gasteiger partial charge in [-0.1, -0.05) is 5.11 Å². The molecule has 0 aromatic rings. The Hall–Kier alpha value is -0.890. The van der Waals surface area contributed by atoms with Crippen molar-refractivity contribution >= 4 is 0 Å². The summed E-state index contributed by atoms with van der Waals surface area (Å²) in [6.45, 7) is 7.19. The minimum Gasteiger partial charge on any atom is -0.387 e. The molecular weight excluding hydrogens is 266 g/mol. The van der Waals surface area contributed by atoms with Crippen LogP contribution in [-0.4, -0.2) is 59.7 Å². The predicted molar refractivity (Wildman–Crippen MR) is 70.9 cm³/mol. The SMILES string of the molecule is CC(C)OC1OC(CN=[N+]=[N-])C(OC(C)C)C(O)C1O. The lowest BCUT2D eigenvalue weighted by Gasteiger charge is -2.43. The molecule has 8 nitrogen and oxygen atoms in total. The Balaban J connectivity index is 2.85. The number of aliphatic hydroxyl groups excluding tert-OH is 2. The average molecular weight is 289 g/mol. The lowest BCUT2D eigenvalue weighted by Crippen LogP contribution is -2.60. The molecule has 0 spiro atoms. The molecule has 1 aliphatic heterocycles. The third-order valence-electron chi connectivity index (χ3n) is 2.80. The van der Waals surface area contributed by atoms with E-state index in [2.05, 4.69) is 10.0 Å². The topological polar surface area (TPSA) is 117 Å². The summed E-state index contributed by atoms with van der Waals surface area (Å²) in [6, 6.07) is 0. The molecule has 116 valence electrons. The molecule has 1 saturated heterocycles. The summed E-state index contributed by atoms with van der Waals surface area (Å²) in [5.74, 6) is 0. The Morgan fingerprint density at radius 2 is 1.75 bits per heavy atom. The number of rotatable bonds is 6. The predicted octanol–water partition coefficient (Wildman–Crippen LogP) is 0.962. The number of azide groups is 1. The van der Waals surface area contributed by atoms with Crippen LogP contribution in [0.2, 0.25) is 0 Å². The van der Waals surface area contributed by atoms with Gasteiger partial charge >= 0.3 is 0 Å². The molecule has 0 aliphatic carbocycles. The molecule has 8 heteroatoms. The standard InChI is InChI=1S/C12H23N3O5/c1-6(2)18-11-8(5-14-15-13)20-12(19-7(3)4)10(17)9(11)16/h6-12,16-17H,5H2,1-4H3. The first-order valence-corrected chi connectivity index (χ1v) is 6.70. The summed E-state index contributed by atoms with van der Waals surface area (Å²) < 4.78 is 16.6. The number of ether oxygens (including phenoxy) is 3. The van der Waals surface area contributed by atoms with E-state index in [1.807, 2.05) is 0 Å². The van der Waals surface area contributed by atoms with Crippen molar-refractivity contribution in [3.63, 3.8) is 0 Å². The van der Waals surface area contributed by atoms with Gasteiger partial charge in [-0.15, -0.1) is 0 Å². The highest BCUT2D eigenvalue weighted by atomic mass is 16.7. The lowest BCUT2D eigenvalue weighted by atomic mass is 9.98. The second kappa shape index (κ2) is 7.78. The fourth-order valence-electron chi connectivity index (χ4n) is 2.03. The van der Waals surface area contributed by atoms with E-state index in [0.717, 1.165) is 0 Å². The van der Waals surface area contributed by atoms with Crippen LogP contribution in [0.15, 0.2) is 5.11 Å². The summed E-state index contributed by atoms with van der Waals surface area (Å²) in [4.78, 5) is 2.68. The van der Waals surface area contributed by atoms with Crippen LogP contribution < -0.4 is 0 Å². The number of nitrogens with zero attached hydrogens (tertiary/aromatic N) is 3. The largest absolute Gasteiger partial charge is 0.387 e. The van der Waals surface area contributed by atoms with Gasteiger partial charge in [-0.3, -0.25) is 0 Å². The van der Waals surface area contributed by atoms with E-state index >= 15 is 0 Å². The minimum absolute atomic E-state index is 0.00434. The van der Waals surface area contributed by atoms with Gasteiger partial charge in [-0.05, 0) is 33.2 Å². The van der Waals surface area contributed by atoms with E-state index in [0.29, 0.717) is 0 Å². The van der Waals surface area contributed by atoms with E-state index in [-0.39, 0.29) is 18.8 Å². The molecule has 0 aromatic heterocycles. The molecular formula is C12H23N3O5. The summed E-state index contributed by atoms with van der Waals surface area (Å²) >= 11 is 0. The molecule has 0 radical (unpaired) electrons. The summed E-state index contributed by atoms with van der Waals surface area (Å²) in [5.41, 5.74) is 8.41. The molecule has 1 heterocycles. The molecule has 0 amide bonds. The monoisotopic (exact) mass is 289 g/mol. The normalized spacial score (nSPS) is 34.3. The van der Waals surface area contributed by atoms with Crippen molar-refractivity contribution in [1.82, 2.24) is 0 Å². The second-order valence-electron chi connectivity index (χ2n) is 5.27. The molecule has 20 heavy (non-hydrogen) atoms. The number of hydrogen-bond donors (Lipinski definition) is 2. The maximum absolute atomic E-state index is 10.2. The van der Waals surface area contributed by atoms with Gasteiger partial charge in [0.2, 0.25) is 0 Å². The molecule has 0 saturated carbocycles. The first-order chi connectivity index (χ1) is 9.36. The van der Waals surface area contributed by atoms with Crippen LogP contribution in [0.25, 0.3) is 10.4 Å². The van der Waals surface area contributed by atoms with E-state index in [1.165, 1.54) is 0 Å². The van der Waals surface area contributed by atoms with Gasteiger partial charge in [0.15, 0.2) is 6.29 Å². The van der Waals surface area contributed by atoms with Gasteiger partial charge in [-0.2, -0.15) is 0 Å². The van der Waals surface area contributed by atoms with Crippen molar-refractivity contribution in [3.05, 3.63) is 10.4 Å². The number of aliphatic hydroxyl groups is 2. The van der Waals surface area contributed by atoms with Crippen molar-refractivity contribution in [2.45, 2.75) is 70.6 Å². The molecule has 1 fully saturated rings. The van der Waals surface area contributed by atoms with Gasteiger partial charge in [0.05, 0.1) is 24.9 Å². The van der Waals surface area contributed by atoms with Crippen LogP contribution >= 0.6 is 0 Å². The van der Waals surface area contributed by atoms with Gasteiger partial charge < -0.3 is 24.4 Å². The minimum atomic E-state index is -1.22. The second-order valence-corrected chi connectivity index (χ2v) is 5.27. The zero-order valence-corrected chi connectivity index (χ0v) is 12.2. The fraction of sp³-hybridized carbons (Fsp3) is 1.00. The fourth-order valence-corrected chi connectivity index (χ4v) is 2.03. The van der Waals surface area contributed by atoms with Crippen LogP contribution in [0, 0.1) is 0 Å². The lowest BCUT2D eigenvalue weighted by molar-refractivity contribution is -0.311.